The van der Waals surface area contributed by atoms with Crippen molar-refractivity contribution in [3.8, 4) is 0 Å². The lowest BCUT2D eigenvalue weighted by Crippen LogP contribution is -2.15. The number of anilines is 2. The van der Waals surface area contributed by atoms with Gasteiger partial charge in [-0.05, 0) is 36.2 Å². The van der Waals surface area contributed by atoms with E-state index in [9.17, 15) is 4.79 Å². The molecule has 1 aromatic carbocycles. The lowest BCUT2D eigenvalue weighted by atomic mass is 10.2. The van der Waals surface area contributed by atoms with Gasteiger partial charge in [0.1, 0.15) is 11.4 Å². The van der Waals surface area contributed by atoms with Crippen LogP contribution in [0.3, 0.4) is 0 Å². The van der Waals surface area contributed by atoms with Crippen molar-refractivity contribution in [2.75, 3.05) is 5.32 Å². The number of halogens is 1. The van der Waals surface area contributed by atoms with Gasteiger partial charge in [0.25, 0.3) is 5.91 Å². The van der Waals surface area contributed by atoms with E-state index in [1.165, 1.54) is 6.20 Å². The molecule has 18 heavy (non-hydrogen) atoms. The fraction of sp³-hybridized carbons (Fsp3) is 0.0833. The highest BCUT2D eigenvalue weighted by atomic mass is 35.5. The molecule has 5 nitrogen and oxygen atoms in total. The summed E-state index contributed by atoms with van der Waals surface area (Å²) in [5, 5.41) is 3.05. The van der Waals surface area contributed by atoms with Gasteiger partial charge < -0.3 is 11.1 Å². The summed E-state index contributed by atoms with van der Waals surface area (Å²) in [5.74, 6) is -0.310. The zero-order chi connectivity index (χ0) is 13.1. The molecule has 0 aliphatic heterocycles. The van der Waals surface area contributed by atoms with E-state index in [-0.39, 0.29) is 10.8 Å². The maximum atomic E-state index is 11.2. The molecule has 0 bridgehead atoms. The molecule has 0 aliphatic carbocycles. The van der Waals surface area contributed by atoms with Crippen molar-refractivity contribution in [3.63, 3.8) is 0 Å². The number of hydrogen-bond donors (Lipinski definition) is 2. The number of carbonyl (C=O) groups is 1. The molecule has 1 heterocycles. The van der Waals surface area contributed by atoms with Crippen molar-refractivity contribution in [1.82, 2.24) is 9.97 Å². The summed E-state index contributed by atoms with van der Waals surface area (Å²) in [6, 6.07) is 7.63. The Balaban J connectivity index is 2.39. The van der Waals surface area contributed by atoms with Crippen LogP contribution in [0.4, 0.5) is 11.5 Å². The molecule has 0 radical (unpaired) electrons. The third-order valence-electron chi connectivity index (χ3n) is 2.31. The lowest BCUT2D eigenvalue weighted by molar-refractivity contribution is 0.100. The topological polar surface area (TPSA) is 80.9 Å². The normalized spacial score (nSPS) is 10.1. The Hall–Kier alpha value is -2.14. The molecule has 0 unspecified atom stereocenters. The van der Waals surface area contributed by atoms with E-state index in [1.807, 2.05) is 31.2 Å². The molecule has 0 spiro atoms. The van der Waals surface area contributed by atoms with Crippen LogP contribution in [0, 0.1) is 6.92 Å². The van der Waals surface area contributed by atoms with Crippen molar-refractivity contribution in [2.45, 2.75) is 6.92 Å². The van der Waals surface area contributed by atoms with Gasteiger partial charge in [-0.15, -0.1) is 0 Å². The number of aromatic nitrogens is 2. The number of nitrogens with one attached hydrogen (secondary N) is 1. The molecule has 92 valence electrons. The Labute approximate surface area is 109 Å². The monoisotopic (exact) mass is 262 g/mol. The van der Waals surface area contributed by atoms with Crippen molar-refractivity contribution < 1.29 is 4.79 Å². The molecule has 0 atom stereocenters. The van der Waals surface area contributed by atoms with Crippen LogP contribution >= 0.6 is 11.6 Å². The molecule has 1 amide bonds. The van der Waals surface area contributed by atoms with E-state index in [1.54, 1.807) is 0 Å². The SMILES string of the molecule is Cc1cccc(Nc2nc(Cl)ncc2C(N)=O)c1. The highest BCUT2D eigenvalue weighted by Crippen LogP contribution is 2.20. The van der Waals surface area contributed by atoms with Gasteiger partial charge in [-0.25, -0.2) is 4.98 Å². The first kappa shape index (κ1) is 12.3. The first-order valence-corrected chi connectivity index (χ1v) is 5.60. The first-order chi connectivity index (χ1) is 8.56. The fourth-order valence-corrected chi connectivity index (χ4v) is 1.63. The Morgan fingerprint density at radius 2 is 2.22 bits per heavy atom. The van der Waals surface area contributed by atoms with E-state index in [0.717, 1.165) is 11.3 Å². The van der Waals surface area contributed by atoms with Gasteiger partial charge in [0, 0.05) is 11.9 Å². The van der Waals surface area contributed by atoms with Crippen molar-refractivity contribution in [1.29, 1.82) is 0 Å². The van der Waals surface area contributed by atoms with Gasteiger partial charge in [-0.2, -0.15) is 4.98 Å². The number of amides is 1. The van der Waals surface area contributed by atoms with Crippen molar-refractivity contribution >= 4 is 29.0 Å². The second-order valence-electron chi connectivity index (χ2n) is 3.76. The predicted octanol–water partition coefficient (Wildman–Crippen LogP) is 2.28. The van der Waals surface area contributed by atoms with Crippen LogP contribution in [0.5, 0.6) is 0 Å². The Kier molecular flexibility index (Phi) is 3.43. The van der Waals surface area contributed by atoms with Crippen LogP contribution in [0.25, 0.3) is 0 Å². The standard InChI is InChI=1S/C12H11ClN4O/c1-7-3-2-4-8(5-7)16-11-9(10(14)18)6-15-12(13)17-11/h2-6H,1H3,(H2,14,18)(H,15,16,17). The van der Waals surface area contributed by atoms with Crippen LogP contribution in [0.15, 0.2) is 30.5 Å². The van der Waals surface area contributed by atoms with Gasteiger partial charge in [-0.1, -0.05) is 12.1 Å². The van der Waals surface area contributed by atoms with E-state index >= 15 is 0 Å². The van der Waals surface area contributed by atoms with E-state index in [4.69, 9.17) is 17.3 Å². The molecule has 1 aromatic heterocycles. The summed E-state index contributed by atoms with van der Waals surface area (Å²) in [6.07, 6.45) is 1.30. The van der Waals surface area contributed by atoms with E-state index in [0.29, 0.717) is 5.82 Å². The molecule has 0 fully saturated rings. The first-order valence-electron chi connectivity index (χ1n) is 5.22. The van der Waals surface area contributed by atoms with Crippen molar-refractivity contribution in [2.24, 2.45) is 5.73 Å². The fourth-order valence-electron chi connectivity index (χ4n) is 1.50. The van der Waals surface area contributed by atoms with Gasteiger partial charge in [0.2, 0.25) is 5.28 Å². The molecule has 2 rings (SSSR count). The maximum Gasteiger partial charge on any atom is 0.254 e. The Bertz CT molecular complexity index is 600. The quantitative estimate of drug-likeness (QED) is 0.832. The largest absolute Gasteiger partial charge is 0.365 e. The van der Waals surface area contributed by atoms with Gasteiger partial charge in [0.05, 0.1) is 0 Å². The average molecular weight is 263 g/mol. The summed E-state index contributed by atoms with van der Waals surface area (Å²) >= 11 is 5.70. The van der Waals surface area contributed by atoms with Crippen LogP contribution in [0.1, 0.15) is 15.9 Å². The maximum absolute atomic E-state index is 11.2. The number of nitrogens with zero attached hydrogens (tertiary/aromatic N) is 2. The summed E-state index contributed by atoms with van der Waals surface area (Å²) in [4.78, 5) is 18.9. The number of aryl methyl sites for hydroxylation is 1. The number of benzene rings is 1. The minimum Gasteiger partial charge on any atom is -0.365 e. The number of carbonyl (C=O) groups excluding carboxylic acids is 1. The van der Waals surface area contributed by atoms with Crippen LogP contribution in [-0.4, -0.2) is 15.9 Å². The number of hydrogen-bond acceptors (Lipinski definition) is 4. The summed E-state index contributed by atoms with van der Waals surface area (Å²) in [6.45, 7) is 1.97. The summed E-state index contributed by atoms with van der Waals surface area (Å²) in [7, 11) is 0. The highest BCUT2D eigenvalue weighted by Gasteiger charge is 2.11. The second kappa shape index (κ2) is 5.01. The molecule has 6 heteroatoms. The number of rotatable bonds is 3. The highest BCUT2D eigenvalue weighted by molar-refractivity contribution is 6.28. The van der Waals surface area contributed by atoms with Gasteiger partial charge in [-0.3, -0.25) is 4.79 Å². The molecular weight excluding hydrogens is 252 g/mol. The second-order valence-corrected chi connectivity index (χ2v) is 4.10. The molecule has 2 aromatic rings. The minimum atomic E-state index is -0.609. The molecule has 0 aliphatic rings. The van der Waals surface area contributed by atoms with Crippen LogP contribution in [0.2, 0.25) is 5.28 Å². The number of primary amides is 1. The van der Waals surface area contributed by atoms with Crippen molar-refractivity contribution in [3.05, 3.63) is 46.9 Å². The van der Waals surface area contributed by atoms with Crippen LogP contribution < -0.4 is 11.1 Å². The molecule has 3 N–H and O–H groups in total. The van der Waals surface area contributed by atoms with Crippen LogP contribution in [-0.2, 0) is 0 Å². The molecular formula is C12H11ClN4O. The third-order valence-corrected chi connectivity index (χ3v) is 2.49. The smallest absolute Gasteiger partial charge is 0.254 e. The van der Waals surface area contributed by atoms with E-state index in [2.05, 4.69) is 15.3 Å². The Morgan fingerprint density at radius 3 is 2.89 bits per heavy atom. The molecule has 0 saturated carbocycles. The van der Waals surface area contributed by atoms with Gasteiger partial charge in [0.15, 0.2) is 0 Å². The third kappa shape index (κ3) is 2.75. The minimum absolute atomic E-state index is 0.0511. The zero-order valence-corrected chi connectivity index (χ0v) is 10.4. The van der Waals surface area contributed by atoms with Gasteiger partial charge >= 0.3 is 0 Å². The average Bonchev–Trinajstić information content (AvgIpc) is 2.28. The Morgan fingerprint density at radius 1 is 1.44 bits per heavy atom. The van der Waals surface area contributed by atoms with E-state index < -0.39 is 5.91 Å². The predicted molar refractivity (Wildman–Crippen MR) is 70.0 cm³/mol. The summed E-state index contributed by atoms with van der Waals surface area (Å²) < 4.78 is 0. The summed E-state index contributed by atoms with van der Waals surface area (Å²) in [5.41, 5.74) is 7.32. The molecule has 0 saturated heterocycles. The number of nitrogens with two attached hydrogens (primary N) is 1. The zero-order valence-electron chi connectivity index (χ0n) is 9.64. The lowest BCUT2D eigenvalue weighted by Gasteiger charge is -2.09.